The van der Waals surface area contributed by atoms with Crippen LogP contribution >= 0.6 is 0 Å². The molecule has 78 heavy (non-hydrogen) atoms. The fourth-order valence-corrected chi connectivity index (χ4v) is 12.6. The van der Waals surface area contributed by atoms with Crippen molar-refractivity contribution in [3.63, 3.8) is 0 Å². The average molecular weight is 1000 g/mol. The molecular formula is C72H47N3O3. The number of phenols is 1. The van der Waals surface area contributed by atoms with E-state index in [0.29, 0.717) is 0 Å². The van der Waals surface area contributed by atoms with Crippen molar-refractivity contribution in [2.45, 2.75) is 12.0 Å². The van der Waals surface area contributed by atoms with Gasteiger partial charge in [-0.1, -0.05) is 152 Å². The highest BCUT2D eigenvalue weighted by Gasteiger charge is 2.37. The number of benzene rings is 11. The summed E-state index contributed by atoms with van der Waals surface area (Å²) in [5.41, 5.74) is 20.6. The summed E-state index contributed by atoms with van der Waals surface area (Å²) in [6, 6.07) is 83.5. The smallest absolute Gasteiger partial charge is 0.145 e. The fraction of sp³-hybridized carbons (Fsp3) is 0.0278. The number of nitrogens with zero attached hydrogens (tertiary/aromatic N) is 2. The molecule has 11 aromatic carbocycles. The van der Waals surface area contributed by atoms with E-state index in [9.17, 15) is 5.11 Å². The third-order valence-corrected chi connectivity index (χ3v) is 16.2. The van der Waals surface area contributed by atoms with Crippen LogP contribution in [0.4, 0.5) is 22.7 Å². The molecule has 14 aromatic rings. The van der Waals surface area contributed by atoms with Crippen LogP contribution in [0.2, 0.25) is 0 Å². The highest BCUT2D eigenvalue weighted by atomic mass is 16.3. The molecule has 0 bridgehead atoms. The van der Waals surface area contributed by atoms with E-state index in [1.807, 2.05) is 24.3 Å². The molecule has 1 aliphatic heterocycles. The zero-order valence-electron chi connectivity index (χ0n) is 42.1. The van der Waals surface area contributed by atoms with Gasteiger partial charge in [-0.25, -0.2) is 0 Å². The molecule has 3 aromatic heterocycles. The van der Waals surface area contributed by atoms with E-state index in [-0.39, 0.29) is 17.7 Å². The summed E-state index contributed by atoms with van der Waals surface area (Å²) in [5, 5.41) is 21.9. The molecule has 16 rings (SSSR count). The van der Waals surface area contributed by atoms with Crippen LogP contribution in [0.15, 0.2) is 270 Å². The number of aromatic nitrogens is 1. The number of fused-ring (bicyclic) bond motifs is 13. The summed E-state index contributed by atoms with van der Waals surface area (Å²) in [5.74, 6) is 0.515. The number of furan rings is 2. The zero-order chi connectivity index (χ0) is 51.4. The molecule has 0 fully saturated rings. The molecule has 2 aliphatic rings. The van der Waals surface area contributed by atoms with Crippen LogP contribution in [0, 0.1) is 0 Å². The van der Waals surface area contributed by atoms with Gasteiger partial charge in [0.15, 0.2) is 0 Å². The summed E-state index contributed by atoms with van der Waals surface area (Å²) in [6.07, 6.45) is 8.90. The van der Waals surface area contributed by atoms with Gasteiger partial charge in [-0.3, -0.25) is 0 Å². The number of hydrogen-bond donors (Lipinski definition) is 2. The van der Waals surface area contributed by atoms with Crippen LogP contribution in [-0.4, -0.2) is 15.7 Å². The molecule has 2 unspecified atom stereocenters. The Morgan fingerprint density at radius 1 is 0.410 bits per heavy atom. The second kappa shape index (κ2) is 17.4. The number of aromatic hydroxyl groups is 1. The average Bonchev–Trinajstić information content (AvgIpc) is 4.40. The first-order valence-corrected chi connectivity index (χ1v) is 26.6. The van der Waals surface area contributed by atoms with Crippen LogP contribution in [0.25, 0.3) is 116 Å². The van der Waals surface area contributed by atoms with Crippen molar-refractivity contribution < 1.29 is 13.9 Å². The fourth-order valence-electron chi connectivity index (χ4n) is 12.6. The second-order valence-electron chi connectivity index (χ2n) is 20.6. The minimum absolute atomic E-state index is 0.180. The summed E-state index contributed by atoms with van der Waals surface area (Å²) in [6.45, 7) is 0. The maximum atomic E-state index is 11.6. The van der Waals surface area contributed by atoms with E-state index in [1.54, 1.807) is 0 Å². The molecule has 0 saturated carbocycles. The summed E-state index contributed by atoms with van der Waals surface area (Å²) >= 11 is 0. The van der Waals surface area contributed by atoms with Gasteiger partial charge < -0.3 is 28.7 Å². The van der Waals surface area contributed by atoms with Crippen molar-refractivity contribution in [3.05, 3.63) is 266 Å². The van der Waals surface area contributed by atoms with E-state index >= 15 is 0 Å². The van der Waals surface area contributed by atoms with Crippen molar-refractivity contribution in [1.29, 1.82) is 0 Å². The summed E-state index contributed by atoms with van der Waals surface area (Å²) in [7, 11) is 0. The lowest BCUT2D eigenvalue weighted by atomic mass is 9.91. The molecule has 368 valence electrons. The van der Waals surface area contributed by atoms with Gasteiger partial charge in [0.25, 0.3) is 0 Å². The number of anilines is 4. The van der Waals surface area contributed by atoms with Gasteiger partial charge in [-0.2, -0.15) is 0 Å². The van der Waals surface area contributed by atoms with Crippen LogP contribution in [0.3, 0.4) is 0 Å². The van der Waals surface area contributed by atoms with Gasteiger partial charge in [0.1, 0.15) is 28.1 Å². The number of allylic oxidation sites excluding steroid dienone is 2. The predicted molar refractivity (Wildman–Crippen MR) is 322 cm³/mol. The Morgan fingerprint density at radius 2 is 1.09 bits per heavy atom. The van der Waals surface area contributed by atoms with E-state index in [1.165, 1.54) is 11.3 Å². The standard InChI is InChI=1S/C72H47N3O3/c76-67-35-32-52(43-59(67)49-17-13-19-51(40-49)74-63-26-7-2-21-54(63)55-22-3-8-27-64(55)74)75-65-28-9-4-24-58(65)71-66(75)34-33-57-61-42-47(31-37-70(61)78-72(57)71)45-15-12-18-50(39-45)73-62-25-6-1-20-53(62)48-16-11-14-44(38-48)46-30-36-69-60(41-46)56-23-5-10-29-68(56)77-69/h1-43,54,63,73,76H. The Hall–Kier alpha value is -10.3. The van der Waals surface area contributed by atoms with Crippen LogP contribution in [-0.2, 0) is 0 Å². The highest BCUT2D eigenvalue weighted by molar-refractivity contribution is 6.24. The minimum atomic E-state index is 0.180. The van der Waals surface area contributed by atoms with Gasteiger partial charge in [0.2, 0.25) is 0 Å². The number of nitrogens with one attached hydrogen (secondary N) is 1. The third kappa shape index (κ3) is 6.97. The second-order valence-corrected chi connectivity index (χ2v) is 20.6. The Morgan fingerprint density at radius 3 is 1.99 bits per heavy atom. The molecule has 0 saturated heterocycles. The Bertz CT molecular complexity index is 4840. The first-order valence-electron chi connectivity index (χ1n) is 26.6. The molecule has 4 heterocycles. The monoisotopic (exact) mass is 1000 g/mol. The van der Waals surface area contributed by atoms with Gasteiger partial charge in [0, 0.05) is 72.4 Å². The maximum Gasteiger partial charge on any atom is 0.145 e. The molecule has 6 heteroatoms. The summed E-state index contributed by atoms with van der Waals surface area (Å²) in [4.78, 5) is 2.43. The van der Waals surface area contributed by atoms with Crippen LogP contribution < -0.4 is 10.2 Å². The molecule has 1 aliphatic carbocycles. The third-order valence-electron chi connectivity index (χ3n) is 16.2. The largest absolute Gasteiger partial charge is 0.507 e. The number of rotatable bonds is 8. The van der Waals surface area contributed by atoms with E-state index in [2.05, 4.69) is 251 Å². The quantitative estimate of drug-likeness (QED) is 0.159. The number of para-hydroxylation sites is 4. The van der Waals surface area contributed by atoms with Crippen molar-refractivity contribution in [3.8, 4) is 55.9 Å². The zero-order valence-corrected chi connectivity index (χ0v) is 42.1. The SMILES string of the molecule is Oc1ccc(-n2c3ccccc3c3c4oc5ccc(-c6cccc(Nc7ccccc7-c7cccc(-c8ccc9oc%10ccccc%10c9c8)c7)c6)cc5c4ccc32)cc1-c1cccc(N2c3ccccc3C3C=CC=CC32)c1. The molecule has 2 atom stereocenters. The predicted octanol–water partition coefficient (Wildman–Crippen LogP) is 19.4. The lowest BCUT2D eigenvalue weighted by Crippen LogP contribution is -2.28. The van der Waals surface area contributed by atoms with Gasteiger partial charge >= 0.3 is 0 Å². The van der Waals surface area contributed by atoms with Crippen molar-refractivity contribution in [2.75, 3.05) is 10.2 Å². The Kier molecular flexibility index (Phi) is 9.81. The Balaban J connectivity index is 0.727. The van der Waals surface area contributed by atoms with Gasteiger partial charge in [-0.15, -0.1) is 0 Å². The first-order chi connectivity index (χ1) is 38.6. The molecule has 0 amide bonds. The van der Waals surface area contributed by atoms with Crippen molar-refractivity contribution in [1.82, 2.24) is 4.57 Å². The summed E-state index contributed by atoms with van der Waals surface area (Å²) < 4.78 is 15.3. The van der Waals surface area contributed by atoms with Crippen LogP contribution in [0.1, 0.15) is 11.5 Å². The topological polar surface area (TPSA) is 66.7 Å². The van der Waals surface area contributed by atoms with Crippen molar-refractivity contribution in [2.24, 2.45) is 0 Å². The molecule has 0 radical (unpaired) electrons. The van der Waals surface area contributed by atoms with E-state index in [0.717, 1.165) is 133 Å². The van der Waals surface area contributed by atoms with Gasteiger partial charge in [0.05, 0.1) is 22.5 Å². The molecule has 0 spiro atoms. The van der Waals surface area contributed by atoms with E-state index in [4.69, 9.17) is 8.83 Å². The van der Waals surface area contributed by atoms with Crippen LogP contribution in [0.5, 0.6) is 5.75 Å². The number of phenolic OH excluding ortho intramolecular Hbond substituents is 1. The lowest BCUT2D eigenvalue weighted by Gasteiger charge is -2.29. The molecule has 2 N–H and O–H groups in total. The molecular weight excluding hydrogens is 955 g/mol. The van der Waals surface area contributed by atoms with E-state index < -0.39 is 0 Å². The normalized spacial score (nSPS) is 14.8. The Labute approximate surface area is 449 Å². The minimum Gasteiger partial charge on any atom is -0.507 e. The first kappa shape index (κ1) is 44.0. The maximum absolute atomic E-state index is 11.6. The highest BCUT2D eigenvalue weighted by Crippen LogP contribution is 2.49. The number of hydrogen-bond acceptors (Lipinski definition) is 5. The van der Waals surface area contributed by atoms with Gasteiger partial charge in [-0.05, 0) is 148 Å². The van der Waals surface area contributed by atoms with Crippen molar-refractivity contribution >= 4 is 88.4 Å². The molecule has 6 nitrogen and oxygen atoms in total. The lowest BCUT2D eigenvalue weighted by molar-refractivity contribution is 0.477.